The molecule has 1 aliphatic heterocycles. The molecule has 1 aromatic rings. The summed E-state index contributed by atoms with van der Waals surface area (Å²) in [5.41, 5.74) is 0.361. The molecule has 17 heavy (non-hydrogen) atoms. The van der Waals surface area contributed by atoms with Gasteiger partial charge in [0.05, 0.1) is 13.7 Å². The third-order valence-corrected chi connectivity index (χ3v) is 3.50. The molecule has 0 saturated carbocycles. The monoisotopic (exact) mass is 256 g/mol. The Kier molecular flexibility index (Phi) is 4.33. The number of nitrogens with one attached hydrogen (secondary N) is 1. The summed E-state index contributed by atoms with van der Waals surface area (Å²) in [5.74, 6) is 0.143. The second kappa shape index (κ2) is 5.97. The SMILES string of the molecule is COC(=O)c1csc(NCC2CCCOC2)n1. The molecular formula is C11H16N2O3S. The van der Waals surface area contributed by atoms with Crippen molar-refractivity contribution in [2.45, 2.75) is 12.8 Å². The van der Waals surface area contributed by atoms with E-state index in [1.807, 2.05) is 0 Å². The van der Waals surface area contributed by atoms with Crippen LogP contribution >= 0.6 is 11.3 Å². The molecule has 0 aromatic carbocycles. The van der Waals surface area contributed by atoms with Gasteiger partial charge in [-0.1, -0.05) is 0 Å². The third kappa shape index (κ3) is 3.41. The molecule has 1 N–H and O–H groups in total. The molecule has 2 rings (SSSR count). The summed E-state index contributed by atoms with van der Waals surface area (Å²) in [6.07, 6.45) is 2.31. The summed E-state index contributed by atoms with van der Waals surface area (Å²) >= 11 is 1.42. The van der Waals surface area contributed by atoms with E-state index in [0.29, 0.717) is 11.6 Å². The number of hydrogen-bond acceptors (Lipinski definition) is 6. The summed E-state index contributed by atoms with van der Waals surface area (Å²) in [5, 5.41) is 5.69. The van der Waals surface area contributed by atoms with Crippen molar-refractivity contribution in [2.75, 3.05) is 32.2 Å². The van der Waals surface area contributed by atoms with Crippen LogP contribution in [0.15, 0.2) is 5.38 Å². The normalized spacial score (nSPS) is 19.9. The maximum absolute atomic E-state index is 11.2. The molecule has 2 heterocycles. The van der Waals surface area contributed by atoms with Crippen LogP contribution < -0.4 is 5.32 Å². The van der Waals surface area contributed by atoms with E-state index in [2.05, 4.69) is 15.0 Å². The van der Waals surface area contributed by atoms with Crippen LogP contribution in [0, 0.1) is 5.92 Å². The number of aromatic nitrogens is 1. The lowest BCUT2D eigenvalue weighted by Gasteiger charge is -2.21. The Morgan fingerprint density at radius 2 is 2.65 bits per heavy atom. The molecule has 5 nitrogen and oxygen atoms in total. The van der Waals surface area contributed by atoms with E-state index in [1.54, 1.807) is 5.38 Å². The minimum Gasteiger partial charge on any atom is -0.464 e. The predicted octanol–water partition coefficient (Wildman–Crippen LogP) is 1.77. The molecule has 1 aliphatic rings. The average molecular weight is 256 g/mol. The van der Waals surface area contributed by atoms with E-state index >= 15 is 0 Å². The van der Waals surface area contributed by atoms with Gasteiger partial charge in [-0.3, -0.25) is 0 Å². The van der Waals surface area contributed by atoms with Crippen molar-refractivity contribution in [1.29, 1.82) is 0 Å². The first-order chi connectivity index (χ1) is 8.29. The Morgan fingerprint density at radius 1 is 1.76 bits per heavy atom. The number of thiazole rings is 1. The molecule has 1 atom stereocenters. The second-order valence-corrected chi connectivity index (χ2v) is 4.85. The van der Waals surface area contributed by atoms with Gasteiger partial charge in [-0.25, -0.2) is 9.78 Å². The summed E-state index contributed by atoms with van der Waals surface area (Å²) in [6, 6.07) is 0. The fourth-order valence-corrected chi connectivity index (χ4v) is 2.44. The number of methoxy groups -OCH3 is 1. The Balaban J connectivity index is 1.82. The van der Waals surface area contributed by atoms with Gasteiger partial charge in [-0.05, 0) is 18.8 Å². The van der Waals surface area contributed by atoms with Crippen LogP contribution in [0.4, 0.5) is 5.13 Å². The van der Waals surface area contributed by atoms with Crippen molar-refractivity contribution in [3.63, 3.8) is 0 Å². The van der Waals surface area contributed by atoms with Gasteiger partial charge in [-0.15, -0.1) is 11.3 Å². The van der Waals surface area contributed by atoms with E-state index in [9.17, 15) is 4.79 Å². The number of anilines is 1. The van der Waals surface area contributed by atoms with Crippen LogP contribution in [0.5, 0.6) is 0 Å². The molecule has 6 heteroatoms. The highest BCUT2D eigenvalue weighted by Crippen LogP contribution is 2.18. The van der Waals surface area contributed by atoms with Crippen LogP contribution in [0.1, 0.15) is 23.3 Å². The smallest absolute Gasteiger partial charge is 0.357 e. The molecule has 0 aliphatic carbocycles. The zero-order chi connectivity index (χ0) is 12.1. The minimum absolute atomic E-state index is 0.361. The molecular weight excluding hydrogens is 240 g/mol. The Bertz CT molecular complexity index is 375. The van der Waals surface area contributed by atoms with Crippen LogP contribution in [-0.4, -0.2) is 37.8 Å². The van der Waals surface area contributed by atoms with E-state index in [1.165, 1.54) is 24.9 Å². The topological polar surface area (TPSA) is 60.5 Å². The maximum atomic E-state index is 11.2. The van der Waals surface area contributed by atoms with E-state index in [-0.39, 0.29) is 0 Å². The number of nitrogens with zero attached hydrogens (tertiary/aromatic N) is 1. The lowest BCUT2D eigenvalue weighted by molar-refractivity contribution is 0.0590. The molecule has 0 spiro atoms. The fraction of sp³-hybridized carbons (Fsp3) is 0.636. The van der Waals surface area contributed by atoms with Gasteiger partial charge < -0.3 is 14.8 Å². The van der Waals surface area contributed by atoms with Gasteiger partial charge >= 0.3 is 5.97 Å². The van der Waals surface area contributed by atoms with E-state index in [0.717, 1.165) is 31.3 Å². The second-order valence-electron chi connectivity index (χ2n) is 3.99. The first-order valence-corrected chi connectivity index (χ1v) is 6.53. The highest BCUT2D eigenvalue weighted by Gasteiger charge is 2.15. The lowest BCUT2D eigenvalue weighted by atomic mass is 10.0. The van der Waals surface area contributed by atoms with Gasteiger partial charge in [-0.2, -0.15) is 0 Å². The molecule has 1 fully saturated rings. The standard InChI is InChI=1S/C11H16N2O3S/c1-15-10(14)9-7-17-11(13-9)12-5-8-3-2-4-16-6-8/h7-8H,2-6H2,1H3,(H,12,13). The lowest BCUT2D eigenvalue weighted by Crippen LogP contribution is -2.24. The van der Waals surface area contributed by atoms with Gasteiger partial charge in [0.15, 0.2) is 10.8 Å². The Hall–Kier alpha value is -1.14. The Labute approximate surface area is 104 Å². The fourth-order valence-electron chi connectivity index (χ4n) is 1.75. The maximum Gasteiger partial charge on any atom is 0.357 e. The van der Waals surface area contributed by atoms with Crippen LogP contribution in [0.25, 0.3) is 0 Å². The van der Waals surface area contributed by atoms with Crippen molar-refractivity contribution < 1.29 is 14.3 Å². The molecule has 1 aromatic heterocycles. The quantitative estimate of drug-likeness (QED) is 0.832. The van der Waals surface area contributed by atoms with Crippen molar-refractivity contribution in [3.8, 4) is 0 Å². The molecule has 1 unspecified atom stereocenters. The molecule has 0 radical (unpaired) electrons. The Morgan fingerprint density at radius 3 is 3.35 bits per heavy atom. The van der Waals surface area contributed by atoms with Crippen molar-refractivity contribution >= 4 is 22.4 Å². The number of hydrogen-bond donors (Lipinski definition) is 1. The largest absolute Gasteiger partial charge is 0.464 e. The molecule has 94 valence electrons. The highest BCUT2D eigenvalue weighted by molar-refractivity contribution is 7.13. The first kappa shape index (κ1) is 12.3. The number of rotatable bonds is 4. The highest BCUT2D eigenvalue weighted by atomic mass is 32.1. The first-order valence-electron chi connectivity index (χ1n) is 5.65. The van der Waals surface area contributed by atoms with Gasteiger partial charge in [0.1, 0.15) is 0 Å². The average Bonchev–Trinajstić information content (AvgIpc) is 2.85. The number of ether oxygens (including phenoxy) is 2. The summed E-state index contributed by atoms with van der Waals surface area (Å²) in [7, 11) is 1.36. The molecule has 0 bridgehead atoms. The number of esters is 1. The van der Waals surface area contributed by atoms with Gasteiger partial charge in [0.25, 0.3) is 0 Å². The molecule has 0 amide bonds. The minimum atomic E-state index is -0.393. The van der Waals surface area contributed by atoms with Crippen molar-refractivity contribution in [2.24, 2.45) is 5.92 Å². The molecule has 1 saturated heterocycles. The van der Waals surface area contributed by atoms with Gasteiger partial charge in [0.2, 0.25) is 0 Å². The van der Waals surface area contributed by atoms with E-state index in [4.69, 9.17) is 4.74 Å². The number of carbonyl (C=O) groups excluding carboxylic acids is 1. The predicted molar refractivity (Wildman–Crippen MR) is 65.5 cm³/mol. The van der Waals surface area contributed by atoms with Crippen LogP contribution in [-0.2, 0) is 9.47 Å². The summed E-state index contributed by atoms with van der Waals surface area (Å²) in [4.78, 5) is 15.4. The van der Waals surface area contributed by atoms with Crippen LogP contribution in [0.2, 0.25) is 0 Å². The zero-order valence-corrected chi connectivity index (χ0v) is 10.6. The zero-order valence-electron chi connectivity index (χ0n) is 9.77. The van der Waals surface area contributed by atoms with Gasteiger partial charge in [0, 0.05) is 18.5 Å². The van der Waals surface area contributed by atoms with Crippen LogP contribution in [0.3, 0.4) is 0 Å². The van der Waals surface area contributed by atoms with Crippen molar-refractivity contribution in [3.05, 3.63) is 11.1 Å². The van der Waals surface area contributed by atoms with E-state index < -0.39 is 5.97 Å². The third-order valence-electron chi connectivity index (χ3n) is 2.70. The van der Waals surface area contributed by atoms with Crippen molar-refractivity contribution in [1.82, 2.24) is 4.98 Å². The summed E-state index contributed by atoms with van der Waals surface area (Å²) in [6.45, 7) is 2.52. The summed E-state index contributed by atoms with van der Waals surface area (Å²) < 4.78 is 10.0. The number of carbonyl (C=O) groups is 1.